The van der Waals surface area contributed by atoms with Crippen molar-refractivity contribution in [2.24, 2.45) is 5.92 Å². The molecule has 2 aliphatic carbocycles. The summed E-state index contributed by atoms with van der Waals surface area (Å²) in [5.41, 5.74) is 4.11. The maximum absolute atomic E-state index is 13.6. The molecule has 0 bridgehead atoms. The van der Waals surface area contributed by atoms with Crippen molar-refractivity contribution in [1.29, 1.82) is 0 Å². The number of nitrogens with one attached hydrogen (secondary N) is 1. The molecule has 2 fully saturated rings. The Kier molecular flexibility index (Phi) is 7.66. The van der Waals surface area contributed by atoms with Crippen LogP contribution in [-0.4, -0.2) is 57.2 Å². The standard InChI is InChI=1S/C34H37ClN4O3S/c1-36-25-13-23-15-27(29(35)16-24(23)14-25)32-31-28(18-43-32)33(41)39(20-37-31)19-34(42)9-11-38(12-10-34)30(40)17-26(22-7-8-22)21-5-3-2-4-6-21/h2-6,15-16,18,20,22,25-26,36,42H,7-14,17,19H2,1H3. The SMILES string of the molecule is CNC1Cc2cc(Cl)c(-c3scc4c(=O)n(CC5(O)CCN(C(=O)CC(c6ccccc6)C6CC6)CC5)cnc34)cc2C1. The van der Waals surface area contributed by atoms with Crippen molar-refractivity contribution in [3.63, 3.8) is 0 Å². The van der Waals surface area contributed by atoms with Crippen LogP contribution in [0.4, 0.5) is 0 Å². The maximum Gasteiger partial charge on any atom is 0.262 e. The molecule has 2 aromatic heterocycles. The number of hydrogen-bond donors (Lipinski definition) is 2. The van der Waals surface area contributed by atoms with Gasteiger partial charge >= 0.3 is 0 Å². The first-order valence-corrected chi connectivity index (χ1v) is 16.6. The zero-order valence-corrected chi connectivity index (χ0v) is 26.0. The zero-order chi connectivity index (χ0) is 29.7. The highest BCUT2D eigenvalue weighted by Gasteiger charge is 2.38. The van der Waals surface area contributed by atoms with E-state index in [9.17, 15) is 14.7 Å². The van der Waals surface area contributed by atoms with Gasteiger partial charge in [-0.3, -0.25) is 14.2 Å². The van der Waals surface area contributed by atoms with E-state index < -0.39 is 5.60 Å². The molecule has 2 aromatic carbocycles. The first-order valence-electron chi connectivity index (χ1n) is 15.3. The fourth-order valence-electron chi connectivity index (χ4n) is 7.01. The lowest BCUT2D eigenvalue weighted by molar-refractivity contribution is -0.136. The minimum atomic E-state index is -1.07. The predicted molar refractivity (Wildman–Crippen MR) is 172 cm³/mol. The van der Waals surface area contributed by atoms with Crippen LogP contribution in [0.25, 0.3) is 21.3 Å². The number of halogens is 1. The van der Waals surface area contributed by atoms with Crippen molar-refractivity contribution in [3.05, 3.63) is 86.2 Å². The smallest absolute Gasteiger partial charge is 0.262 e. The van der Waals surface area contributed by atoms with E-state index in [0.29, 0.717) is 60.2 Å². The van der Waals surface area contributed by atoms with Crippen molar-refractivity contribution in [2.75, 3.05) is 20.1 Å². The van der Waals surface area contributed by atoms with Crippen LogP contribution in [0, 0.1) is 5.92 Å². The molecule has 2 N–H and O–H groups in total. The summed E-state index contributed by atoms with van der Waals surface area (Å²) in [6.07, 6.45) is 7.20. The molecule has 7 rings (SSSR count). The number of carbonyl (C=O) groups excluding carboxylic acids is 1. The van der Waals surface area contributed by atoms with Crippen LogP contribution in [0.3, 0.4) is 0 Å². The molecule has 2 unspecified atom stereocenters. The number of aliphatic hydroxyl groups is 1. The van der Waals surface area contributed by atoms with Gasteiger partial charge in [0.05, 0.1) is 34.3 Å². The number of likely N-dealkylation sites (N-methyl/N-ethyl adjacent to an activating group) is 1. The molecule has 7 nitrogen and oxygen atoms in total. The summed E-state index contributed by atoms with van der Waals surface area (Å²) in [5, 5.41) is 17.9. The average Bonchev–Trinajstić information content (AvgIpc) is 3.63. The third kappa shape index (κ3) is 5.66. The van der Waals surface area contributed by atoms with Crippen LogP contribution >= 0.6 is 22.9 Å². The van der Waals surface area contributed by atoms with E-state index in [1.165, 1.54) is 45.4 Å². The van der Waals surface area contributed by atoms with Gasteiger partial charge in [-0.05, 0) is 86.2 Å². The Bertz CT molecular complexity index is 1720. The first-order chi connectivity index (χ1) is 20.8. The van der Waals surface area contributed by atoms with E-state index in [2.05, 4.69) is 29.6 Å². The summed E-state index contributed by atoms with van der Waals surface area (Å²) < 4.78 is 1.52. The highest BCUT2D eigenvalue weighted by atomic mass is 35.5. The topological polar surface area (TPSA) is 87.5 Å². The van der Waals surface area contributed by atoms with E-state index in [1.807, 2.05) is 35.5 Å². The molecule has 1 saturated carbocycles. The van der Waals surface area contributed by atoms with Gasteiger partial charge in [0.2, 0.25) is 5.91 Å². The molecule has 1 saturated heterocycles. The fraction of sp³-hybridized carbons (Fsp3) is 0.441. The van der Waals surface area contributed by atoms with Gasteiger partial charge in [0.25, 0.3) is 5.56 Å². The van der Waals surface area contributed by atoms with E-state index in [4.69, 9.17) is 16.6 Å². The van der Waals surface area contributed by atoms with E-state index in [0.717, 1.165) is 23.3 Å². The van der Waals surface area contributed by atoms with E-state index in [1.54, 1.807) is 6.33 Å². The van der Waals surface area contributed by atoms with Crippen molar-refractivity contribution in [1.82, 2.24) is 19.8 Å². The summed E-state index contributed by atoms with van der Waals surface area (Å²) in [5.74, 6) is 1.00. The van der Waals surface area contributed by atoms with Crippen molar-refractivity contribution < 1.29 is 9.90 Å². The molecular formula is C34H37ClN4O3S. The Morgan fingerprint density at radius 2 is 1.88 bits per heavy atom. The van der Waals surface area contributed by atoms with Crippen molar-refractivity contribution >= 4 is 39.7 Å². The Labute approximate surface area is 260 Å². The number of likely N-dealkylation sites (tertiary alicyclic amines) is 1. The third-order valence-electron chi connectivity index (χ3n) is 9.78. The monoisotopic (exact) mass is 616 g/mol. The second-order valence-electron chi connectivity index (χ2n) is 12.7. The summed E-state index contributed by atoms with van der Waals surface area (Å²) in [6.45, 7) is 1.13. The molecule has 0 spiro atoms. The number of nitrogens with zero attached hydrogens (tertiary/aromatic N) is 3. The molecule has 0 radical (unpaired) electrons. The first kappa shape index (κ1) is 28.7. The second-order valence-corrected chi connectivity index (χ2v) is 14.0. The van der Waals surface area contributed by atoms with Gasteiger partial charge in [-0.25, -0.2) is 4.98 Å². The lowest BCUT2D eigenvalue weighted by atomic mass is 9.88. The molecular weight excluding hydrogens is 580 g/mol. The Balaban J connectivity index is 1.04. The normalized spacial score (nSPS) is 20.3. The minimum Gasteiger partial charge on any atom is -0.388 e. The lowest BCUT2D eigenvalue weighted by Crippen LogP contribution is -2.49. The third-order valence-corrected chi connectivity index (χ3v) is 11.1. The molecule has 3 aliphatic rings. The summed E-state index contributed by atoms with van der Waals surface area (Å²) in [7, 11) is 1.98. The fourth-order valence-corrected chi connectivity index (χ4v) is 8.37. The lowest BCUT2D eigenvalue weighted by Gasteiger charge is -2.39. The average molecular weight is 617 g/mol. The Hall–Kier alpha value is -3.04. The van der Waals surface area contributed by atoms with Crippen LogP contribution in [-0.2, 0) is 24.2 Å². The summed E-state index contributed by atoms with van der Waals surface area (Å²) in [4.78, 5) is 34.3. The van der Waals surface area contributed by atoms with Gasteiger partial charge in [0, 0.05) is 41.5 Å². The predicted octanol–water partition coefficient (Wildman–Crippen LogP) is 5.40. The van der Waals surface area contributed by atoms with Gasteiger partial charge in [-0.1, -0.05) is 41.9 Å². The van der Waals surface area contributed by atoms with Gasteiger partial charge < -0.3 is 15.3 Å². The Morgan fingerprint density at radius 3 is 2.58 bits per heavy atom. The number of piperidine rings is 1. The van der Waals surface area contributed by atoms with Crippen LogP contribution < -0.4 is 10.9 Å². The summed E-state index contributed by atoms with van der Waals surface area (Å²) in [6, 6.07) is 15.0. The number of rotatable bonds is 8. The number of benzene rings is 2. The molecule has 43 heavy (non-hydrogen) atoms. The van der Waals surface area contributed by atoms with Crippen molar-refractivity contribution in [3.8, 4) is 10.4 Å². The zero-order valence-electron chi connectivity index (χ0n) is 24.4. The molecule has 3 heterocycles. The van der Waals surface area contributed by atoms with Gasteiger partial charge in [0.1, 0.15) is 0 Å². The number of thiophene rings is 1. The van der Waals surface area contributed by atoms with E-state index in [-0.39, 0.29) is 23.9 Å². The van der Waals surface area contributed by atoms with Crippen LogP contribution in [0.2, 0.25) is 5.02 Å². The molecule has 2 atom stereocenters. The number of aromatic nitrogens is 2. The second kappa shape index (κ2) is 11.5. The number of hydrogen-bond acceptors (Lipinski definition) is 6. The maximum atomic E-state index is 13.6. The quantitative estimate of drug-likeness (QED) is 0.277. The molecule has 1 aliphatic heterocycles. The molecule has 9 heteroatoms. The van der Waals surface area contributed by atoms with E-state index >= 15 is 0 Å². The van der Waals surface area contributed by atoms with Crippen LogP contribution in [0.1, 0.15) is 54.7 Å². The number of carbonyl (C=O) groups is 1. The number of amides is 1. The van der Waals surface area contributed by atoms with Gasteiger partial charge in [-0.2, -0.15) is 0 Å². The van der Waals surface area contributed by atoms with Crippen molar-refractivity contribution in [2.45, 2.75) is 69.1 Å². The van der Waals surface area contributed by atoms with Crippen LogP contribution in [0.15, 0.2) is 59.0 Å². The largest absolute Gasteiger partial charge is 0.388 e. The number of fused-ring (bicyclic) bond motifs is 2. The molecule has 4 aromatic rings. The molecule has 1 amide bonds. The Morgan fingerprint density at radius 1 is 1.16 bits per heavy atom. The highest BCUT2D eigenvalue weighted by Crippen LogP contribution is 2.45. The summed E-state index contributed by atoms with van der Waals surface area (Å²) >= 11 is 8.21. The highest BCUT2D eigenvalue weighted by molar-refractivity contribution is 7.15. The minimum absolute atomic E-state index is 0.153. The van der Waals surface area contributed by atoms with Gasteiger partial charge in [-0.15, -0.1) is 11.3 Å². The molecule has 224 valence electrons. The van der Waals surface area contributed by atoms with Crippen LogP contribution in [0.5, 0.6) is 0 Å². The van der Waals surface area contributed by atoms with Gasteiger partial charge in [0.15, 0.2) is 0 Å².